The lowest BCUT2D eigenvalue weighted by atomic mass is 10.2. The molecule has 26 heavy (non-hydrogen) atoms. The van der Waals surface area contributed by atoms with Crippen LogP contribution in [0.4, 0.5) is 5.69 Å². The summed E-state index contributed by atoms with van der Waals surface area (Å²) >= 11 is 0. The number of rotatable bonds is 6. The second-order valence-electron chi connectivity index (χ2n) is 6.82. The van der Waals surface area contributed by atoms with E-state index in [2.05, 4.69) is 27.2 Å². The van der Waals surface area contributed by atoms with E-state index < -0.39 is 0 Å². The van der Waals surface area contributed by atoms with Crippen LogP contribution in [0.3, 0.4) is 0 Å². The Morgan fingerprint density at radius 3 is 2.42 bits per heavy atom. The number of nitrogens with one attached hydrogen (secondary N) is 1. The van der Waals surface area contributed by atoms with E-state index in [1.54, 1.807) is 7.11 Å². The van der Waals surface area contributed by atoms with E-state index in [-0.39, 0.29) is 5.91 Å². The van der Waals surface area contributed by atoms with Gasteiger partial charge in [0.15, 0.2) is 0 Å². The number of piperazine rings is 1. The van der Waals surface area contributed by atoms with Gasteiger partial charge < -0.3 is 10.1 Å². The summed E-state index contributed by atoms with van der Waals surface area (Å²) in [7, 11) is 1.69. The number of methoxy groups -OCH3 is 1. The Hall–Kier alpha value is -2.37. The largest absolute Gasteiger partial charge is 0.497 e. The van der Waals surface area contributed by atoms with Crippen LogP contribution in [-0.2, 0) is 11.3 Å². The Morgan fingerprint density at radius 1 is 1.04 bits per heavy atom. The minimum Gasteiger partial charge on any atom is -0.497 e. The Morgan fingerprint density at radius 2 is 1.73 bits per heavy atom. The van der Waals surface area contributed by atoms with E-state index >= 15 is 0 Å². The van der Waals surface area contributed by atoms with Crippen molar-refractivity contribution in [2.24, 2.45) is 0 Å². The van der Waals surface area contributed by atoms with Crippen LogP contribution >= 0.6 is 0 Å². The second-order valence-corrected chi connectivity index (χ2v) is 6.82. The third-order valence-electron chi connectivity index (χ3n) is 4.71. The molecule has 138 valence electrons. The average molecular weight is 353 g/mol. The van der Waals surface area contributed by atoms with Crippen molar-refractivity contribution in [2.45, 2.75) is 13.5 Å². The van der Waals surface area contributed by atoms with Crippen LogP contribution in [0.5, 0.6) is 5.75 Å². The van der Waals surface area contributed by atoms with Gasteiger partial charge in [-0.15, -0.1) is 0 Å². The number of amides is 1. The zero-order valence-corrected chi connectivity index (χ0v) is 15.6. The monoisotopic (exact) mass is 353 g/mol. The van der Waals surface area contributed by atoms with Gasteiger partial charge in [0, 0.05) is 38.4 Å². The lowest BCUT2D eigenvalue weighted by Crippen LogP contribution is -2.48. The molecule has 0 unspecified atom stereocenters. The number of hydrogen-bond acceptors (Lipinski definition) is 4. The van der Waals surface area contributed by atoms with Crippen molar-refractivity contribution in [3.63, 3.8) is 0 Å². The van der Waals surface area contributed by atoms with Gasteiger partial charge in [-0.2, -0.15) is 0 Å². The number of aryl methyl sites for hydroxylation is 1. The van der Waals surface area contributed by atoms with E-state index in [9.17, 15) is 4.79 Å². The summed E-state index contributed by atoms with van der Waals surface area (Å²) in [5.41, 5.74) is 3.31. The number of carbonyl (C=O) groups excluding carboxylic acids is 1. The van der Waals surface area contributed by atoms with Gasteiger partial charge in [0.2, 0.25) is 5.91 Å². The van der Waals surface area contributed by atoms with Crippen molar-refractivity contribution >= 4 is 11.6 Å². The highest BCUT2D eigenvalue weighted by Gasteiger charge is 2.19. The first-order valence-electron chi connectivity index (χ1n) is 9.06. The molecule has 1 N–H and O–H groups in total. The van der Waals surface area contributed by atoms with Crippen LogP contribution in [0.25, 0.3) is 0 Å². The molecule has 5 nitrogen and oxygen atoms in total. The second kappa shape index (κ2) is 8.83. The summed E-state index contributed by atoms with van der Waals surface area (Å²) < 4.78 is 5.29. The third kappa shape index (κ3) is 5.31. The van der Waals surface area contributed by atoms with E-state index in [0.29, 0.717) is 6.54 Å². The van der Waals surface area contributed by atoms with Gasteiger partial charge in [-0.05, 0) is 36.8 Å². The molecule has 1 amide bonds. The first-order valence-corrected chi connectivity index (χ1v) is 9.06. The Balaban J connectivity index is 1.43. The molecular formula is C21H27N3O2. The Kier molecular flexibility index (Phi) is 6.26. The van der Waals surface area contributed by atoms with E-state index in [1.165, 1.54) is 11.1 Å². The van der Waals surface area contributed by atoms with Crippen LogP contribution in [0.1, 0.15) is 11.1 Å². The SMILES string of the molecule is COc1cccc(CN2CCN(CC(=O)Nc3ccc(C)cc3)CC2)c1. The summed E-state index contributed by atoms with van der Waals surface area (Å²) in [5.74, 6) is 0.948. The quantitative estimate of drug-likeness (QED) is 0.867. The average Bonchev–Trinajstić information content (AvgIpc) is 2.65. The Bertz CT molecular complexity index is 722. The zero-order chi connectivity index (χ0) is 18.4. The van der Waals surface area contributed by atoms with Crippen molar-refractivity contribution < 1.29 is 9.53 Å². The highest BCUT2D eigenvalue weighted by molar-refractivity contribution is 5.92. The first kappa shape index (κ1) is 18.4. The van der Waals surface area contributed by atoms with Gasteiger partial charge in [0.1, 0.15) is 5.75 Å². The number of nitrogens with zero attached hydrogens (tertiary/aromatic N) is 2. The van der Waals surface area contributed by atoms with Crippen LogP contribution in [-0.4, -0.2) is 55.5 Å². The van der Waals surface area contributed by atoms with E-state index in [4.69, 9.17) is 4.74 Å². The van der Waals surface area contributed by atoms with Crippen molar-refractivity contribution in [3.05, 3.63) is 59.7 Å². The number of ether oxygens (including phenoxy) is 1. The molecule has 1 aliphatic heterocycles. The first-order chi connectivity index (χ1) is 12.6. The van der Waals surface area contributed by atoms with Gasteiger partial charge in [-0.1, -0.05) is 29.8 Å². The van der Waals surface area contributed by atoms with Crippen molar-refractivity contribution in [1.82, 2.24) is 9.80 Å². The van der Waals surface area contributed by atoms with Crippen LogP contribution in [0, 0.1) is 6.92 Å². The molecular weight excluding hydrogens is 326 g/mol. The molecule has 1 fully saturated rings. The third-order valence-corrected chi connectivity index (χ3v) is 4.71. The molecule has 0 spiro atoms. The van der Waals surface area contributed by atoms with Gasteiger partial charge in [0.05, 0.1) is 13.7 Å². The van der Waals surface area contributed by atoms with Crippen LogP contribution in [0.2, 0.25) is 0 Å². The fourth-order valence-electron chi connectivity index (χ4n) is 3.18. The van der Waals surface area contributed by atoms with Gasteiger partial charge in [-0.25, -0.2) is 0 Å². The van der Waals surface area contributed by atoms with Gasteiger partial charge in [-0.3, -0.25) is 14.6 Å². The van der Waals surface area contributed by atoms with Crippen molar-refractivity contribution in [3.8, 4) is 5.75 Å². The number of benzene rings is 2. The van der Waals surface area contributed by atoms with Crippen molar-refractivity contribution in [2.75, 3.05) is 45.2 Å². The maximum atomic E-state index is 12.2. The molecule has 0 aliphatic carbocycles. The van der Waals surface area contributed by atoms with Gasteiger partial charge >= 0.3 is 0 Å². The molecule has 1 heterocycles. The summed E-state index contributed by atoms with van der Waals surface area (Å²) in [4.78, 5) is 16.9. The summed E-state index contributed by atoms with van der Waals surface area (Å²) in [5, 5.41) is 2.97. The summed E-state index contributed by atoms with van der Waals surface area (Å²) in [6.45, 7) is 7.15. The highest BCUT2D eigenvalue weighted by atomic mass is 16.5. The molecule has 5 heteroatoms. The molecule has 0 aromatic heterocycles. The minimum atomic E-state index is 0.0510. The maximum Gasteiger partial charge on any atom is 0.238 e. The van der Waals surface area contributed by atoms with Gasteiger partial charge in [0.25, 0.3) is 0 Å². The van der Waals surface area contributed by atoms with E-state index in [1.807, 2.05) is 43.3 Å². The fraction of sp³-hybridized carbons (Fsp3) is 0.381. The smallest absolute Gasteiger partial charge is 0.238 e. The molecule has 0 atom stereocenters. The lowest BCUT2D eigenvalue weighted by Gasteiger charge is -2.34. The van der Waals surface area contributed by atoms with E-state index in [0.717, 1.165) is 44.2 Å². The molecule has 2 aromatic rings. The zero-order valence-electron chi connectivity index (χ0n) is 15.6. The molecule has 3 rings (SSSR count). The topological polar surface area (TPSA) is 44.8 Å². The van der Waals surface area contributed by atoms with Crippen LogP contribution in [0.15, 0.2) is 48.5 Å². The number of hydrogen-bond donors (Lipinski definition) is 1. The molecule has 0 saturated carbocycles. The molecule has 1 aliphatic rings. The summed E-state index contributed by atoms with van der Waals surface area (Å²) in [6.07, 6.45) is 0. The minimum absolute atomic E-state index is 0.0510. The summed E-state index contributed by atoms with van der Waals surface area (Å²) in [6, 6.07) is 16.1. The molecule has 2 aromatic carbocycles. The van der Waals surface area contributed by atoms with Crippen LogP contribution < -0.4 is 10.1 Å². The highest BCUT2D eigenvalue weighted by Crippen LogP contribution is 2.15. The molecule has 1 saturated heterocycles. The molecule has 0 radical (unpaired) electrons. The maximum absolute atomic E-state index is 12.2. The number of anilines is 1. The predicted molar refractivity (Wildman–Crippen MR) is 105 cm³/mol. The predicted octanol–water partition coefficient (Wildman–Crippen LogP) is 2.76. The lowest BCUT2D eigenvalue weighted by molar-refractivity contribution is -0.117. The normalized spacial score (nSPS) is 15.6. The van der Waals surface area contributed by atoms with Crippen molar-refractivity contribution in [1.29, 1.82) is 0 Å². The Labute approximate surface area is 155 Å². The number of carbonyl (C=O) groups is 1. The molecule has 0 bridgehead atoms. The standard InChI is InChI=1S/C21H27N3O2/c1-17-6-8-19(9-7-17)22-21(25)16-24-12-10-23(11-13-24)15-18-4-3-5-20(14-18)26-2/h3-9,14H,10-13,15-16H2,1-2H3,(H,22,25). The fourth-order valence-corrected chi connectivity index (χ4v) is 3.18.